The molecule has 2 N–H and O–H groups in total. The SMILES string of the molecule is CCC(O)COc1cccc2[nH]c3ccccc3c12.CCCC.COc1ccccc1C. The Bertz CT molecular complexity index is 1070. The van der Waals surface area contributed by atoms with Gasteiger partial charge < -0.3 is 19.6 Å². The van der Waals surface area contributed by atoms with E-state index < -0.39 is 6.10 Å². The number of nitrogens with one attached hydrogen (secondary N) is 1. The third kappa shape index (κ3) is 7.03. The molecule has 1 heterocycles. The van der Waals surface area contributed by atoms with Crippen molar-refractivity contribution in [2.24, 2.45) is 0 Å². The predicted octanol–water partition coefficient (Wildman–Crippen LogP) is 7.28. The van der Waals surface area contributed by atoms with Gasteiger partial charge in [-0.05, 0) is 43.2 Å². The first-order valence-corrected chi connectivity index (χ1v) is 11.4. The number of hydrogen-bond acceptors (Lipinski definition) is 3. The summed E-state index contributed by atoms with van der Waals surface area (Å²) in [6, 6.07) is 22.1. The van der Waals surface area contributed by atoms with Crippen LogP contribution in [0.15, 0.2) is 66.7 Å². The van der Waals surface area contributed by atoms with Crippen molar-refractivity contribution in [3.8, 4) is 11.5 Å². The Hall–Kier alpha value is -2.98. The van der Waals surface area contributed by atoms with E-state index in [2.05, 4.69) is 31.0 Å². The minimum atomic E-state index is -0.416. The van der Waals surface area contributed by atoms with Gasteiger partial charge in [-0.15, -0.1) is 0 Å². The van der Waals surface area contributed by atoms with Crippen LogP contribution in [0.4, 0.5) is 0 Å². The third-order valence-corrected chi connectivity index (χ3v) is 5.21. The summed E-state index contributed by atoms with van der Waals surface area (Å²) in [6.07, 6.45) is 2.92. The van der Waals surface area contributed by atoms with Crippen molar-refractivity contribution in [1.29, 1.82) is 0 Å². The number of benzene rings is 3. The zero-order valence-electron chi connectivity index (χ0n) is 20.0. The molecule has 0 saturated carbocycles. The van der Waals surface area contributed by atoms with Crippen LogP contribution in [-0.4, -0.2) is 29.9 Å². The standard InChI is InChI=1S/C16H17NO2.C8H10O.C4H10/c1-2-11(18)10-19-15-9-5-8-14-16(15)12-6-3-4-7-13(12)17-14;1-7-5-3-4-6-8(7)9-2;1-3-4-2/h3-9,11,17-18H,2,10H2,1H3;3-6H,1-2H3;3-4H2,1-2H3. The Kier molecular flexibility index (Phi) is 10.6. The van der Waals surface area contributed by atoms with Gasteiger partial charge >= 0.3 is 0 Å². The maximum atomic E-state index is 9.62. The fourth-order valence-corrected chi connectivity index (χ4v) is 3.08. The molecular weight excluding hydrogens is 398 g/mol. The van der Waals surface area contributed by atoms with Gasteiger partial charge in [0.25, 0.3) is 0 Å². The van der Waals surface area contributed by atoms with Gasteiger partial charge in [-0.2, -0.15) is 0 Å². The highest BCUT2D eigenvalue weighted by molar-refractivity contribution is 6.10. The van der Waals surface area contributed by atoms with Crippen molar-refractivity contribution in [2.45, 2.75) is 53.1 Å². The highest BCUT2D eigenvalue weighted by Gasteiger charge is 2.10. The number of ether oxygens (including phenoxy) is 2. The van der Waals surface area contributed by atoms with E-state index in [1.54, 1.807) is 7.11 Å². The molecule has 0 amide bonds. The van der Waals surface area contributed by atoms with Crippen molar-refractivity contribution < 1.29 is 14.6 Å². The van der Waals surface area contributed by atoms with Crippen LogP contribution in [0.25, 0.3) is 21.8 Å². The first-order valence-electron chi connectivity index (χ1n) is 11.4. The van der Waals surface area contributed by atoms with Gasteiger partial charge in [0.05, 0.1) is 18.7 Å². The van der Waals surface area contributed by atoms with Gasteiger partial charge in [0.2, 0.25) is 0 Å². The number of aromatic nitrogens is 1. The highest BCUT2D eigenvalue weighted by atomic mass is 16.5. The number of aryl methyl sites for hydroxylation is 1. The van der Waals surface area contributed by atoms with Gasteiger partial charge in [0.15, 0.2) is 0 Å². The molecule has 0 aliphatic rings. The van der Waals surface area contributed by atoms with E-state index in [0.717, 1.165) is 33.3 Å². The van der Waals surface area contributed by atoms with Crippen LogP contribution in [0.2, 0.25) is 0 Å². The van der Waals surface area contributed by atoms with E-state index in [4.69, 9.17) is 9.47 Å². The minimum absolute atomic E-state index is 0.328. The van der Waals surface area contributed by atoms with Crippen LogP contribution in [0.3, 0.4) is 0 Å². The molecule has 1 aromatic heterocycles. The lowest BCUT2D eigenvalue weighted by atomic mass is 10.1. The van der Waals surface area contributed by atoms with Crippen molar-refractivity contribution in [2.75, 3.05) is 13.7 Å². The van der Waals surface area contributed by atoms with Crippen molar-refractivity contribution in [3.63, 3.8) is 0 Å². The zero-order valence-corrected chi connectivity index (χ0v) is 20.0. The molecule has 0 aliphatic heterocycles. The Morgan fingerprint density at radius 1 is 0.812 bits per heavy atom. The minimum Gasteiger partial charge on any atom is -0.496 e. The number of aromatic amines is 1. The number of hydrogen-bond donors (Lipinski definition) is 2. The number of H-pyrrole nitrogens is 1. The molecule has 0 fully saturated rings. The van der Waals surface area contributed by atoms with Gasteiger partial charge in [-0.1, -0.05) is 76.1 Å². The molecule has 32 heavy (non-hydrogen) atoms. The summed E-state index contributed by atoms with van der Waals surface area (Å²) in [5.41, 5.74) is 3.34. The van der Waals surface area contributed by atoms with Gasteiger partial charge in [0.1, 0.15) is 18.1 Å². The lowest BCUT2D eigenvalue weighted by molar-refractivity contribution is 0.105. The molecule has 0 saturated heterocycles. The summed E-state index contributed by atoms with van der Waals surface area (Å²) in [7, 11) is 1.68. The smallest absolute Gasteiger partial charge is 0.129 e. The van der Waals surface area contributed by atoms with E-state index in [0.29, 0.717) is 13.0 Å². The topological polar surface area (TPSA) is 54.5 Å². The highest BCUT2D eigenvalue weighted by Crippen LogP contribution is 2.32. The Labute approximate surface area is 192 Å². The summed E-state index contributed by atoms with van der Waals surface area (Å²) >= 11 is 0. The second-order valence-corrected chi connectivity index (χ2v) is 7.69. The normalized spacial score (nSPS) is 11.2. The van der Waals surface area contributed by atoms with Gasteiger partial charge in [-0.25, -0.2) is 0 Å². The fraction of sp³-hybridized carbons (Fsp3) is 0.357. The summed E-state index contributed by atoms with van der Waals surface area (Å²) in [5, 5.41) is 11.9. The van der Waals surface area contributed by atoms with Gasteiger partial charge in [0, 0.05) is 16.3 Å². The lowest BCUT2D eigenvalue weighted by Crippen LogP contribution is -2.16. The number of unbranched alkanes of at least 4 members (excludes halogenated alkanes) is 1. The van der Waals surface area contributed by atoms with Crippen LogP contribution in [-0.2, 0) is 0 Å². The van der Waals surface area contributed by atoms with Crippen molar-refractivity contribution >= 4 is 21.8 Å². The summed E-state index contributed by atoms with van der Waals surface area (Å²) in [6.45, 7) is 8.66. The second-order valence-electron chi connectivity index (χ2n) is 7.69. The van der Waals surface area contributed by atoms with Crippen LogP contribution in [0.1, 0.15) is 45.6 Å². The molecule has 3 aromatic carbocycles. The predicted molar refractivity (Wildman–Crippen MR) is 136 cm³/mol. The molecule has 4 aromatic rings. The van der Waals surface area contributed by atoms with Crippen LogP contribution < -0.4 is 9.47 Å². The summed E-state index contributed by atoms with van der Waals surface area (Å²) in [5.74, 6) is 1.78. The Morgan fingerprint density at radius 3 is 2.06 bits per heavy atom. The maximum Gasteiger partial charge on any atom is 0.129 e. The first kappa shape index (κ1) is 25.3. The summed E-state index contributed by atoms with van der Waals surface area (Å²) < 4.78 is 10.8. The third-order valence-electron chi connectivity index (χ3n) is 5.21. The Balaban J connectivity index is 0.000000233. The summed E-state index contributed by atoms with van der Waals surface area (Å²) in [4.78, 5) is 3.38. The van der Waals surface area contributed by atoms with E-state index in [-0.39, 0.29) is 0 Å². The molecule has 0 aliphatic carbocycles. The van der Waals surface area contributed by atoms with E-state index in [1.165, 1.54) is 18.4 Å². The quantitative estimate of drug-likeness (QED) is 0.334. The molecule has 4 heteroatoms. The molecule has 4 nitrogen and oxygen atoms in total. The van der Waals surface area contributed by atoms with E-state index in [1.807, 2.05) is 68.4 Å². The zero-order chi connectivity index (χ0) is 23.3. The number of methoxy groups -OCH3 is 1. The van der Waals surface area contributed by atoms with Gasteiger partial charge in [-0.3, -0.25) is 0 Å². The number of aliphatic hydroxyl groups is 1. The molecule has 4 rings (SSSR count). The molecule has 1 atom stereocenters. The Morgan fingerprint density at radius 2 is 1.44 bits per heavy atom. The van der Waals surface area contributed by atoms with Crippen molar-refractivity contribution in [3.05, 3.63) is 72.3 Å². The van der Waals surface area contributed by atoms with Crippen LogP contribution >= 0.6 is 0 Å². The second kappa shape index (κ2) is 13.4. The average Bonchev–Trinajstić information content (AvgIpc) is 3.22. The van der Waals surface area contributed by atoms with Crippen LogP contribution in [0.5, 0.6) is 11.5 Å². The van der Waals surface area contributed by atoms with Crippen molar-refractivity contribution in [1.82, 2.24) is 4.98 Å². The molecule has 172 valence electrons. The number of fused-ring (bicyclic) bond motifs is 3. The molecule has 0 spiro atoms. The molecule has 0 radical (unpaired) electrons. The lowest BCUT2D eigenvalue weighted by Gasteiger charge is -2.11. The molecule has 1 unspecified atom stereocenters. The molecular formula is C28H37NO3. The first-order chi connectivity index (χ1) is 15.5. The number of rotatable bonds is 6. The molecule has 0 bridgehead atoms. The maximum absolute atomic E-state index is 9.62. The van der Waals surface area contributed by atoms with Crippen LogP contribution in [0, 0.1) is 6.92 Å². The fourth-order valence-electron chi connectivity index (χ4n) is 3.08. The average molecular weight is 436 g/mol. The largest absolute Gasteiger partial charge is 0.496 e. The number of para-hydroxylation sites is 2. The van der Waals surface area contributed by atoms with E-state index >= 15 is 0 Å². The van der Waals surface area contributed by atoms with E-state index in [9.17, 15) is 5.11 Å². The number of aliphatic hydroxyl groups excluding tert-OH is 1. The monoisotopic (exact) mass is 435 g/mol.